The molecule has 1 heterocycles. The van der Waals surface area contributed by atoms with Crippen LogP contribution in [0.3, 0.4) is 0 Å². The SMILES string of the molecule is N#CCCCN1CCO[C@@H](c2ccc(C(F)(F)F)cc2)C1. The van der Waals surface area contributed by atoms with Gasteiger partial charge in [0.1, 0.15) is 0 Å². The van der Waals surface area contributed by atoms with Crippen LogP contribution >= 0.6 is 0 Å². The van der Waals surface area contributed by atoms with Crippen LogP contribution in [0.2, 0.25) is 0 Å². The summed E-state index contributed by atoms with van der Waals surface area (Å²) in [6.07, 6.45) is -3.20. The maximum Gasteiger partial charge on any atom is 0.416 e. The molecule has 0 amide bonds. The molecule has 21 heavy (non-hydrogen) atoms. The fraction of sp³-hybridized carbons (Fsp3) is 0.533. The second kappa shape index (κ2) is 6.92. The molecule has 0 bridgehead atoms. The first-order chi connectivity index (χ1) is 10.0. The van der Waals surface area contributed by atoms with Crippen LogP contribution in [-0.2, 0) is 10.9 Å². The Labute approximate surface area is 121 Å². The Kier molecular flexibility index (Phi) is 5.21. The van der Waals surface area contributed by atoms with Crippen LogP contribution in [0.15, 0.2) is 24.3 Å². The predicted molar refractivity (Wildman–Crippen MR) is 71.4 cm³/mol. The summed E-state index contributed by atoms with van der Waals surface area (Å²) >= 11 is 0. The molecule has 0 spiro atoms. The molecule has 0 aliphatic carbocycles. The van der Waals surface area contributed by atoms with Gasteiger partial charge in [0.15, 0.2) is 0 Å². The first kappa shape index (κ1) is 15.8. The van der Waals surface area contributed by atoms with Crippen LogP contribution in [0.25, 0.3) is 0 Å². The molecule has 0 saturated carbocycles. The van der Waals surface area contributed by atoms with Gasteiger partial charge in [-0.3, -0.25) is 4.90 Å². The van der Waals surface area contributed by atoms with Crippen molar-refractivity contribution in [3.05, 3.63) is 35.4 Å². The van der Waals surface area contributed by atoms with Crippen LogP contribution in [-0.4, -0.2) is 31.1 Å². The molecule has 0 radical (unpaired) electrons. The summed E-state index contributed by atoms with van der Waals surface area (Å²) in [6, 6.07) is 7.24. The first-order valence-corrected chi connectivity index (χ1v) is 6.89. The average molecular weight is 298 g/mol. The Morgan fingerprint density at radius 3 is 2.62 bits per heavy atom. The highest BCUT2D eigenvalue weighted by Gasteiger charge is 2.30. The zero-order valence-electron chi connectivity index (χ0n) is 11.6. The molecule has 1 aliphatic rings. The normalized spacial score (nSPS) is 20.2. The van der Waals surface area contributed by atoms with E-state index >= 15 is 0 Å². The zero-order valence-corrected chi connectivity index (χ0v) is 11.6. The fourth-order valence-electron chi connectivity index (χ4n) is 2.38. The van der Waals surface area contributed by atoms with Crippen molar-refractivity contribution < 1.29 is 17.9 Å². The molecule has 1 aromatic carbocycles. The highest BCUT2D eigenvalue weighted by Crippen LogP contribution is 2.31. The molecule has 3 nitrogen and oxygen atoms in total. The molecule has 114 valence electrons. The Bertz CT molecular complexity index is 493. The van der Waals surface area contributed by atoms with Crippen LogP contribution in [0.1, 0.15) is 30.1 Å². The van der Waals surface area contributed by atoms with Gasteiger partial charge in [0.05, 0.1) is 24.3 Å². The lowest BCUT2D eigenvalue weighted by molar-refractivity contribution is -0.137. The smallest absolute Gasteiger partial charge is 0.371 e. The number of benzene rings is 1. The molecular weight excluding hydrogens is 281 g/mol. The number of unbranched alkanes of at least 4 members (excludes halogenated alkanes) is 1. The van der Waals surface area contributed by atoms with Crippen molar-refractivity contribution >= 4 is 0 Å². The number of nitriles is 1. The van der Waals surface area contributed by atoms with Crippen LogP contribution < -0.4 is 0 Å². The minimum atomic E-state index is -4.31. The summed E-state index contributed by atoms with van der Waals surface area (Å²) in [5, 5.41) is 8.53. The lowest BCUT2D eigenvalue weighted by Crippen LogP contribution is -2.38. The number of morpholine rings is 1. The van der Waals surface area contributed by atoms with E-state index in [0.717, 1.165) is 37.2 Å². The molecule has 0 N–H and O–H groups in total. The van der Waals surface area contributed by atoms with E-state index in [4.69, 9.17) is 10.00 Å². The van der Waals surface area contributed by atoms with Gasteiger partial charge in [0, 0.05) is 19.5 Å². The molecular formula is C15H17F3N2O. The van der Waals surface area contributed by atoms with Gasteiger partial charge in [0.2, 0.25) is 0 Å². The maximum absolute atomic E-state index is 12.5. The van der Waals surface area contributed by atoms with Gasteiger partial charge in [-0.2, -0.15) is 18.4 Å². The summed E-state index contributed by atoms with van der Waals surface area (Å²) in [5.74, 6) is 0. The second-order valence-electron chi connectivity index (χ2n) is 5.04. The number of nitrogens with zero attached hydrogens (tertiary/aromatic N) is 2. The quantitative estimate of drug-likeness (QED) is 0.800. The molecule has 1 aromatic rings. The number of ether oxygens (including phenoxy) is 1. The van der Waals surface area contributed by atoms with Crippen molar-refractivity contribution in [1.82, 2.24) is 4.90 Å². The molecule has 0 unspecified atom stereocenters. The molecule has 1 saturated heterocycles. The summed E-state index contributed by atoms with van der Waals surface area (Å²) < 4.78 is 43.2. The minimum absolute atomic E-state index is 0.205. The van der Waals surface area contributed by atoms with E-state index in [1.54, 1.807) is 0 Å². The largest absolute Gasteiger partial charge is 0.416 e. The molecule has 2 rings (SSSR count). The van der Waals surface area contributed by atoms with Gasteiger partial charge in [0.25, 0.3) is 0 Å². The first-order valence-electron chi connectivity index (χ1n) is 6.89. The predicted octanol–water partition coefficient (Wildman–Crippen LogP) is 3.38. The van der Waals surface area contributed by atoms with Gasteiger partial charge in [-0.25, -0.2) is 0 Å². The third kappa shape index (κ3) is 4.45. The van der Waals surface area contributed by atoms with E-state index in [0.29, 0.717) is 19.6 Å². The van der Waals surface area contributed by atoms with E-state index in [-0.39, 0.29) is 6.10 Å². The van der Waals surface area contributed by atoms with Crippen LogP contribution in [0.4, 0.5) is 13.2 Å². The number of hydrogen-bond donors (Lipinski definition) is 0. The lowest BCUT2D eigenvalue weighted by Gasteiger charge is -2.33. The van der Waals surface area contributed by atoms with E-state index in [1.165, 1.54) is 12.1 Å². The van der Waals surface area contributed by atoms with Crippen LogP contribution in [0.5, 0.6) is 0 Å². The molecule has 1 fully saturated rings. The monoisotopic (exact) mass is 298 g/mol. The summed E-state index contributed by atoms with van der Waals surface area (Å²) in [5.41, 5.74) is 0.112. The number of hydrogen-bond acceptors (Lipinski definition) is 3. The lowest BCUT2D eigenvalue weighted by atomic mass is 10.0. The third-order valence-electron chi connectivity index (χ3n) is 3.52. The average Bonchev–Trinajstić information content (AvgIpc) is 2.47. The third-order valence-corrected chi connectivity index (χ3v) is 3.52. The molecule has 1 aliphatic heterocycles. The minimum Gasteiger partial charge on any atom is -0.371 e. The number of alkyl halides is 3. The maximum atomic E-state index is 12.5. The van der Waals surface area contributed by atoms with Crippen LogP contribution in [0, 0.1) is 11.3 Å². The Hall–Kier alpha value is -1.58. The van der Waals surface area contributed by atoms with Gasteiger partial charge in [-0.05, 0) is 30.7 Å². The number of halogens is 3. The van der Waals surface area contributed by atoms with Crippen molar-refractivity contribution in [2.24, 2.45) is 0 Å². The van der Waals surface area contributed by atoms with Crippen molar-refractivity contribution in [3.63, 3.8) is 0 Å². The highest BCUT2D eigenvalue weighted by atomic mass is 19.4. The van der Waals surface area contributed by atoms with Crippen molar-refractivity contribution in [2.75, 3.05) is 26.2 Å². The molecule has 0 aromatic heterocycles. The van der Waals surface area contributed by atoms with Crippen molar-refractivity contribution in [2.45, 2.75) is 25.1 Å². The van der Waals surface area contributed by atoms with E-state index < -0.39 is 11.7 Å². The van der Waals surface area contributed by atoms with E-state index in [9.17, 15) is 13.2 Å². The fourth-order valence-corrected chi connectivity index (χ4v) is 2.38. The topological polar surface area (TPSA) is 36.3 Å². The van der Waals surface area contributed by atoms with Gasteiger partial charge >= 0.3 is 6.18 Å². The summed E-state index contributed by atoms with van der Waals surface area (Å²) in [6.45, 7) is 2.81. The van der Waals surface area contributed by atoms with E-state index in [2.05, 4.69) is 11.0 Å². The Morgan fingerprint density at radius 1 is 1.29 bits per heavy atom. The second-order valence-corrected chi connectivity index (χ2v) is 5.04. The van der Waals surface area contributed by atoms with Gasteiger partial charge in [-0.1, -0.05) is 12.1 Å². The van der Waals surface area contributed by atoms with Gasteiger partial charge in [-0.15, -0.1) is 0 Å². The van der Waals surface area contributed by atoms with E-state index in [1.807, 2.05) is 0 Å². The zero-order chi connectivity index (χ0) is 15.3. The van der Waals surface area contributed by atoms with Crippen molar-refractivity contribution in [1.29, 1.82) is 5.26 Å². The Balaban J connectivity index is 1.96. The Morgan fingerprint density at radius 2 is 2.00 bits per heavy atom. The molecule has 1 atom stereocenters. The summed E-state index contributed by atoms with van der Waals surface area (Å²) in [7, 11) is 0. The summed E-state index contributed by atoms with van der Waals surface area (Å²) in [4.78, 5) is 2.18. The standard InChI is InChI=1S/C15H17F3N2O/c16-15(17,18)13-5-3-12(4-6-13)14-11-20(9-10-21-14)8-2-1-7-19/h3-6,14H,1-2,8-11H2/t14-/m1/s1. The van der Waals surface area contributed by atoms with Crippen molar-refractivity contribution in [3.8, 4) is 6.07 Å². The van der Waals surface area contributed by atoms with Gasteiger partial charge < -0.3 is 4.74 Å². The molecule has 6 heteroatoms. The highest BCUT2D eigenvalue weighted by molar-refractivity contribution is 5.26. The number of rotatable bonds is 4.